The SMILES string of the molecule is Cc1cccc(C(c2cccc(C)c2)(c2cccc(C)c2)c2[cH-]c(C)c(C)c2C)c1.[Cl-].[Cl-].[Cl-].[Ti+4]. The smallest absolute Gasteiger partial charge is 1.00 e. The van der Waals surface area contributed by atoms with Gasteiger partial charge >= 0.3 is 21.7 Å². The molecular formula is C30H31Cl3Ti. The molecule has 0 unspecified atom stereocenters. The second-order valence-corrected chi connectivity index (χ2v) is 8.85. The number of halogens is 3. The van der Waals surface area contributed by atoms with Gasteiger partial charge in [-0.05, 0) is 37.5 Å². The molecule has 0 spiro atoms. The molecule has 0 fully saturated rings. The average Bonchev–Trinajstić information content (AvgIpc) is 2.97. The van der Waals surface area contributed by atoms with Crippen molar-refractivity contribution in [1.29, 1.82) is 0 Å². The van der Waals surface area contributed by atoms with Crippen LogP contribution in [0.4, 0.5) is 0 Å². The van der Waals surface area contributed by atoms with Crippen LogP contribution in [0.15, 0.2) is 78.9 Å². The molecule has 176 valence electrons. The summed E-state index contributed by atoms with van der Waals surface area (Å²) in [6.45, 7) is 13.3. The fraction of sp³-hybridized carbons (Fsp3) is 0.233. The number of hydrogen-bond acceptors (Lipinski definition) is 0. The Bertz CT molecular complexity index is 1110. The van der Waals surface area contributed by atoms with Gasteiger partial charge in [0.05, 0.1) is 0 Å². The van der Waals surface area contributed by atoms with E-state index in [1.807, 2.05) is 0 Å². The Kier molecular flexibility index (Phi) is 12.5. The third-order valence-corrected chi connectivity index (χ3v) is 6.68. The Morgan fingerprint density at radius 2 is 0.882 bits per heavy atom. The molecule has 0 saturated heterocycles. The van der Waals surface area contributed by atoms with Gasteiger partial charge in [-0.1, -0.05) is 110 Å². The molecule has 0 radical (unpaired) electrons. The molecule has 0 aromatic heterocycles. The molecule has 4 heteroatoms. The first-order valence-electron chi connectivity index (χ1n) is 10.8. The average molecular weight is 546 g/mol. The van der Waals surface area contributed by atoms with Crippen molar-refractivity contribution in [2.45, 2.75) is 47.0 Å². The second kappa shape index (κ2) is 13.1. The van der Waals surface area contributed by atoms with E-state index in [1.165, 1.54) is 55.6 Å². The van der Waals surface area contributed by atoms with Gasteiger partial charge in [0.2, 0.25) is 0 Å². The number of aryl methyl sites for hydroxylation is 4. The van der Waals surface area contributed by atoms with Crippen molar-refractivity contribution in [3.63, 3.8) is 0 Å². The molecule has 34 heavy (non-hydrogen) atoms. The minimum Gasteiger partial charge on any atom is -1.00 e. The standard InChI is InChI=1S/C30H31.3ClH.Ti/c1-20-10-7-13-26(16-20)30(27-14-8-11-21(2)17-27,28-15-9-12-22(3)18-28)29-19-23(4)24(5)25(29)6;;;;/h7-19H,1-6H3;3*1H;/q-1;;;;+4/p-3. The summed E-state index contributed by atoms with van der Waals surface area (Å²) >= 11 is 0. The van der Waals surface area contributed by atoms with Crippen molar-refractivity contribution in [2.75, 3.05) is 0 Å². The maximum atomic E-state index is 2.41. The minimum atomic E-state index is -0.354. The van der Waals surface area contributed by atoms with E-state index in [0.717, 1.165) is 0 Å². The zero-order valence-electron chi connectivity index (χ0n) is 20.6. The summed E-state index contributed by atoms with van der Waals surface area (Å²) in [6.07, 6.45) is 0. The molecule has 0 aliphatic heterocycles. The molecule has 4 rings (SSSR count). The number of hydrogen-bond donors (Lipinski definition) is 0. The Morgan fingerprint density at radius 3 is 1.15 bits per heavy atom. The number of rotatable bonds is 4. The van der Waals surface area contributed by atoms with Gasteiger partial charge in [-0.3, -0.25) is 0 Å². The van der Waals surface area contributed by atoms with E-state index >= 15 is 0 Å². The molecule has 0 nitrogen and oxygen atoms in total. The van der Waals surface area contributed by atoms with Crippen LogP contribution < -0.4 is 37.2 Å². The van der Waals surface area contributed by atoms with E-state index < -0.39 is 0 Å². The minimum absolute atomic E-state index is 0. The van der Waals surface area contributed by atoms with Gasteiger partial charge in [0.1, 0.15) is 0 Å². The fourth-order valence-electron chi connectivity index (χ4n) is 4.92. The van der Waals surface area contributed by atoms with Gasteiger partial charge in [0, 0.05) is 5.41 Å². The van der Waals surface area contributed by atoms with E-state index in [2.05, 4.69) is 120 Å². The molecule has 4 aromatic carbocycles. The van der Waals surface area contributed by atoms with Crippen LogP contribution >= 0.6 is 0 Å². The van der Waals surface area contributed by atoms with Gasteiger partial charge in [0.15, 0.2) is 0 Å². The third-order valence-electron chi connectivity index (χ3n) is 6.68. The normalized spacial score (nSPS) is 10.3. The summed E-state index contributed by atoms with van der Waals surface area (Å²) < 4.78 is 0. The van der Waals surface area contributed by atoms with Gasteiger partial charge < -0.3 is 37.2 Å². The summed E-state index contributed by atoms with van der Waals surface area (Å²) in [6, 6.07) is 29.6. The molecule has 0 saturated carbocycles. The third kappa shape index (κ3) is 5.69. The van der Waals surface area contributed by atoms with Crippen molar-refractivity contribution in [3.8, 4) is 0 Å². The molecule has 0 aliphatic rings. The van der Waals surface area contributed by atoms with Crippen molar-refractivity contribution in [1.82, 2.24) is 0 Å². The first-order chi connectivity index (χ1) is 14.3. The van der Waals surface area contributed by atoms with Crippen molar-refractivity contribution < 1.29 is 58.9 Å². The van der Waals surface area contributed by atoms with E-state index in [4.69, 9.17) is 0 Å². The maximum Gasteiger partial charge on any atom is 4.00 e. The Labute approximate surface area is 239 Å². The second-order valence-electron chi connectivity index (χ2n) is 8.85. The van der Waals surface area contributed by atoms with E-state index in [1.54, 1.807) is 0 Å². The molecule has 0 heterocycles. The Hall–Kier alpha value is -1.41. The van der Waals surface area contributed by atoms with Gasteiger partial charge in [-0.2, -0.15) is 22.8 Å². The first-order valence-corrected chi connectivity index (χ1v) is 10.8. The van der Waals surface area contributed by atoms with Crippen LogP contribution in [0.5, 0.6) is 0 Å². The Balaban J connectivity index is 0.00000272. The van der Waals surface area contributed by atoms with Crippen molar-refractivity contribution >= 4 is 0 Å². The van der Waals surface area contributed by atoms with Crippen molar-refractivity contribution in [3.05, 3.63) is 134 Å². The van der Waals surface area contributed by atoms with Crippen LogP contribution in [-0.4, -0.2) is 0 Å². The predicted octanol–water partition coefficient (Wildman–Crippen LogP) is -1.35. The molecule has 0 N–H and O–H groups in total. The zero-order chi connectivity index (χ0) is 21.5. The monoisotopic (exact) mass is 544 g/mol. The topological polar surface area (TPSA) is 0 Å². The summed E-state index contributed by atoms with van der Waals surface area (Å²) in [5, 5.41) is 0. The largest absolute Gasteiger partial charge is 4.00 e. The van der Waals surface area contributed by atoms with Crippen molar-refractivity contribution in [2.24, 2.45) is 0 Å². The molecule has 0 amide bonds. The summed E-state index contributed by atoms with van der Waals surface area (Å²) in [4.78, 5) is 0. The van der Waals surface area contributed by atoms with Crippen LogP contribution in [0.3, 0.4) is 0 Å². The van der Waals surface area contributed by atoms with Crippen LogP contribution in [0, 0.1) is 41.5 Å². The van der Waals surface area contributed by atoms with Gasteiger partial charge in [-0.25, -0.2) is 0 Å². The number of benzene rings is 3. The zero-order valence-corrected chi connectivity index (χ0v) is 24.5. The molecule has 0 aliphatic carbocycles. The first kappa shape index (κ1) is 32.6. The summed E-state index contributed by atoms with van der Waals surface area (Å²) in [7, 11) is 0. The van der Waals surface area contributed by atoms with Gasteiger partial charge in [-0.15, -0.1) is 5.56 Å². The molecule has 4 aromatic rings. The van der Waals surface area contributed by atoms with Crippen LogP contribution in [-0.2, 0) is 27.1 Å². The van der Waals surface area contributed by atoms with E-state index in [-0.39, 0.29) is 64.4 Å². The Morgan fingerprint density at radius 1 is 0.529 bits per heavy atom. The van der Waals surface area contributed by atoms with E-state index in [0.29, 0.717) is 0 Å². The summed E-state index contributed by atoms with van der Waals surface area (Å²) in [5.74, 6) is 0. The summed E-state index contributed by atoms with van der Waals surface area (Å²) in [5.41, 5.74) is 13.0. The molecular weight excluding hydrogens is 515 g/mol. The fourth-order valence-corrected chi connectivity index (χ4v) is 4.92. The van der Waals surface area contributed by atoms with Crippen LogP contribution in [0.2, 0.25) is 0 Å². The van der Waals surface area contributed by atoms with E-state index in [9.17, 15) is 0 Å². The molecule has 0 atom stereocenters. The van der Waals surface area contributed by atoms with Gasteiger partial charge in [0.25, 0.3) is 0 Å². The quantitative estimate of drug-likeness (QED) is 0.169. The van der Waals surface area contributed by atoms with Crippen LogP contribution in [0.1, 0.15) is 55.6 Å². The predicted molar refractivity (Wildman–Crippen MR) is 129 cm³/mol. The molecule has 0 bridgehead atoms. The van der Waals surface area contributed by atoms with Crippen LogP contribution in [0.25, 0.3) is 0 Å². The maximum absolute atomic E-state index is 2.41.